The van der Waals surface area contributed by atoms with E-state index in [1.165, 1.54) is 0 Å². The molecule has 0 amide bonds. The maximum atomic E-state index is 14.4. The second-order valence-electron chi connectivity index (χ2n) is 4.56. The molecule has 1 aromatic carbocycles. The topological polar surface area (TPSA) is 79.2 Å². The molecule has 3 rings (SSSR count). The summed E-state index contributed by atoms with van der Waals surface area (Å²) >= 11 is 0. The summed E-state index contributed by atoms with van der Waals surface area (Å²) < 4.78 is 24.9. The predicted octanol–water partition coefficient (Wildman–Crippen LogP) is -0.220. The maximum absolute atomic E-state index is 14.4. The van der Waals surface area contributed by atoms with Crippen LogP contribution in [0.3, 0.4) is 0 Å². The monoisotopic (exact) mass is 256 g/mol. The van der Waals surface area contributed by atoms with Gasteiger partial charge in [0.15, 0.2) is 0 Å². The van der Waals surface area contributed by atoms with Gasteiger partial charge in [0.05, 0.1) is 13.2 Å². The minimum Gasteiger partial charge on any atom is -0.388 e. The lowest BCUT2D eigenvalue weighted by molar-refractivity contribution is -0.423. The van der Waals surface area contributed by atoms with Crippen LogP contribution in [0, 0.1) is 0 Å². The minimum absolute atomic E-state index is 0.0746. The van der Waals surface area contributed by atoms with Gasteiger partial charge in [-0.3, -0.25) is 0 Å². The van der Waals surface area contributed by atoms with Crippen molar-refractivity contribution in [1.82, 2.24) is 0 Å². The van der Waals surface area contributed by atoms with Crippen LogP contribution < -0.4 is 0 Å². The first-order valence-electron chi connectivity index (χ1n) is 5.63. The zero-order valence-electron chi connectivity index (χ0n) is 9.41. The molecule has 2 aliphatic heterocycles. The summed E-state index contributed by atoms with van der Waals surface area (Å²) in [6.07, 6.45) is -3.49. The van der Waals surface area contributed by atoms with Crippen LogP contribution in [0.2, 0.25) is 0 Å². The molecule has 0 radical (unpaired) electrons. The predicted molar refractivity (Wildman–Crippen MR) is 56.9 cm³/mol. The highest BCUT2D eigenvalue weighted by Crippen LogP contribution is 2.50. The summed E-state index contributed by atoms with van der Waals surface area (Å²) in [7, 11) is 0. The Bertz CT molecular complexity index is 477. The molecule has 1 fully saturated rings. The quantitative estimate of drug-likeness (QED) is 0.598. The van der Waals surface area contributed by atoms with Crippen LogP contribution in [0.15, 0.2) is 24.3 Å². The summed E-state index contributed by atoms with van der Waals surface area (Å²) in [6.45, 7) is -0.243. The fourth-order valence-corrected chi connectivity index (χ4v) is 2.48. The zero-order chi connectivity index (χ0) is 13.0. The SMILES string of the molecule is OC1COC2(OCc3ccccc32)C(O)(F)C1O. The molecular weight excluding hydrogens is 243 g/mol. The van der Waals surface area contributed by atoms with Crippen molar-refractivity contribution in [1.29, 1.82) is 0 Å². The van der Waals surface area contributed by atoms with E-state index in [1.807, 2.05) is 0 Å². The third-order valence-electron chi connectivity index (χ3n) is 3.48. The van der Waals surface area contributed by atoms with Gasteiger partial charge in [-0.2, -0.15) is 0 Å². The van der Waals surface area contributed by atoms with E-state index in [-0.39, 0.29) is 13.2 Å². The van der Waals surface area contributed by atoms with Gasteiger partial charge in [-0.15, -0.1) is 0 Å². The van der Waals surface area contributed by atoms with Gasteiger partial charge in [0.1, 0.15) is 12.2 Å². The normalized spacial score (nSPS) is 43.1. The number of alkyl halides is 1. The van der Waals surface area contributed by atoms with E-state index in [2.05, 4.69) is 0 Å². The third-order valence-corrected chi connectivity index (χ3v) is 3.48. The molecule has 18 heavy (non-hydrogen) atoms. The Morgan fingerprint density at radius 3 is 2.72 bits per heavy atom. The second-order valence-corrected chi connectivity index (χ2v) is 4.56. The second kappa shape index (κ2) is 3.72. The molecular formula is C12H13FO5. The highest BCUT2D eigenvalue weighted by atomic mass is 19.2. The van der Waals surface area contributed by atoms with Crippen molar-refractivity contribution in [3.05, 3.63) is 35.4 Å². The fraction of sp³-hybridized carbons (Fsp3) is 0.500. The van der Waals surface area contributed by atoms with Crippen LogP contribution in [-0.4, -0.2) is 40.0 Å². The Hall–Kier alpha value is -1.05. The van der Waals surface area contributed by atoms with E-state index in [0.717, 1.165) is 0 Å². The number of hydrogen-bond donors (Lipinski definition) is 3. The molecule has 1 spiro atoms. The summed E-state index contributed by atoms with van der Waals surface area (Å²) in [5.41, 5.74) is 1.01. The number of aliphatic hydroxyl groups excluding tert-OH is 2. The van der Waals surface area contributed by atoms with E-state index >= 15 is 0 Å². The first-order chi connectivity index (χ1) is 8.49. The van der Waals surface area contributed by atoms with Crippen molar-refractivity contribution >= 4 is 0 Å². The van der Waals surface area contributed by atoms with Crippen molar-refractivity contribution in [3.63, 3.8) is 0 Å². The first-order valence-corrected chi connectivity index (χ1v) is 5.63. The highest BCUT2D eigenvalue weighted by molar-refractivity contribution is 5.36. The lowest BCUT2D eigenvalue weighted by Gasteiger charge is -2.46. The van der Waals surface area contributed by atoms with E-state index in [0.29, 0.717) is 11.1 Å². The summed E-state index contributed by atoms with van der Waals surface area (Å²) in [6, 6.07) is 6.71. The average molecular weight is 256 g/mol. The lowest BCUT2D eigenvalue weighted by Crippen LogP contribution is -2.65. The Balaban J connectivity index is 2.12. The molecule has 4 atom stereocenters. The number of ether oxygens (including phenoxy) is 2. The first kappa shape index (κ1) is 12.0. The van der Waals surface area contributed by atoms with Crippen molar-refractivity contribution < 1.29 is 29.2 Å². The van der Waals surface area contributed by atoms with Gasteiger partial charge in [-0.05, 0) is 5.56 Å². The van der Waals surface area contributed by atoms with Crippen LogP contribution in [0.5, 0.6) is 0 Å². The number of rotatable bonds is 0. The Labute approximate surface area is 102 Å². The van der Waals surface area contributed by atoms with Gasteiger partial charge in [0, 0.05) is 5.56 Å². The summed E-state index contributed by atoms with van der Waals surface area (Å²) in [5, 5.41) is 28.9. The molecule has 1 aromatic rings. The van der Waals surface area contributed by atoms with Crippen LogP contribution in [-0.2, 0) is 21.9 Å². The van der Waals surface area contributed by atoms with Crippen molar-refractivity contribution in [2.45, 2.75) is 30.5 Å². The average Bonchev–Trinajstić information content (AvgIpc) is 2.74. The number of fused-ring (bicyclic) bond motifs is 2. The lowest BCUT2D eigenvalue weighted by atomic mass is 9.88. The molecule has 2 aliphatic rings. The smallest absolute Gasteiger partial charge is 0.294 e. The molecule has 3 N–H and O–H groups in total. The van der Waals surface area contributed by atoms with Gasteiger partial charge in [-0.25, -0.2) is 4.39 Å². The zero-order valence-corrected chi connectivity index (χ0v) is 9.41. The molecule has 5 nitrogen and oxygen atoms in total. The van der Waals surface area contributed by atoms with Crippen LogP contribution in [0.1, 0.15) is 11.1 Å². The number of aliphatic hydroxyl groups is 3. The number of halogens is 1. The molecule has 6 heteroatoms. The number of benzene rings is 1. The molecule has 0 aromatic heterocycles. The molecule has 1 saturated heterocycles. The molecule has 98 valence electrons. The summed E-state index contributed by atoms with van der Waals surface area (Å²) in [5.74, 6) is -5.28. The Morgan fingerprint density at radius 2 is 1.94 bits per heavy atom. The third kappa shape index (κ3) is 1.32. The largest absolute Gasteiger partial charge is 0.388 e. The van der Waals surface area contributed by atoms with Gasteiger partial charge in [-0.1, -0.05) is 24.3 Å². The van der Waals surface area contributed by atoms with E-state index < -0.39 is 23.8 Å². The van der Waals surface area contributed by atoms with E-state index in [9.17, 15) is 19.7 Å². The number of hydrogen-bond acceptors (Lipinski definition) is 5. The summed E-state index contributed by atoms with van der Waals surface area (Å²) in [4.78, 5) is 0. The van der Waals surface area contributed by atoms with Crippen molar-refractivity contribution in [2.75, 3.05) is 6.61 Å². The molecule has 0 bridgehead atoms. The molecule has 0 saturated carbocycles. The maximum Gasteiger partial charge on any atom is 0.294 e. The Kier molecular flexibility index (Phi) is 2.48. The van der Waals surface area contributed by atoms with Crippen molar-refractivity contribution in [3.8, 4) is 0 Å². The van der Waals surface area contributed by atoms with Crippen LogP contribution in [0.25, 0.3) is 0 Å². The molecule has 4 unspecified atom stereocenters. The van der Waals surface area contributed by atoms with E-state index in [1.54, 1.807) is 24.3 Å². The van der Waals surface area contributed by atoms with Gasteiger partial charge in [0.2, 0.25) is 0 Å². The minimum atomic E-state index is -3.21. The Morgan fingerprint density at radius 1 is 1.22 bits per heavy atom. The van der Waals surface area contributed by atoms with Crippen molar-refractivity contribution in [2.24, 2.45) is 0 Å². The van der Waals surface area contributed by atoms with Gasteiger partial charge >= 0.3 is 0 Å². The van der Waals surface area contributed by atoms with Gasteiger partial charge < -0.3 is 24.8 Å². The molecule has 2 heterocycles. The highest BCUT2D eigenvalue weighted by Gasteiger charge is 2.67. The standard InChI is InChI=1S/C12H13FO5/c13-11(16)10(15)9(14)6-18-12(11)8-4-2-1-3-7(8)5-17-12/h1-4,9-10,14-16H,5-6H2. The molecule has 0 aliphatic carbocycles. The van der Waals surface area contributed by atoms with E-state index in [4.69, 9.17) is 9.47 Å². The fourth-order valence-electron chi connectivity index (χ4n) is 2.48. The van der Waals surface area contributed by atoms with Crippen LogP contribution >= 0.6 is 0 Å². The van der Waals surface area contributed by atoms with Crippen LogP contribution in [0.4, 0.5) is 4.39 Å². The van der Waals surface area contributed by atoms with Gasteiger partial charge in [0.25, 0.3) is 11.6 Å².